The molecule has 0 aliphatic rings. The fourth-order valence-corrected chi connectivity index (χ4v) is 2.17. The average molecular weight is 325 g/mol. The molecule has 0 unspecified atom stereocenters. The van der Waals surface area contributed by atoms with E-state index in [-0.39, 0.29) is 5.69 Å². The molecule has 0 aliphatic carbocycles. The standard InChI is InChI=1S/C17H15N3O4/c1-23-15-6-2-13(3-7-15)11-19-12-17(10-18-19)24-16-8-4-14(5-9-16)20(21)22/h2-10,12H,11H2,1H3. The topological polar surface area (TPSA) is 79.4 Å². The number of nitrogens with zero attached hydrogens (tertiary/aromatic N) is 3. The zero-order valence-corrected chi connectivity index (χ0v) is 13.0. The molecule has 0 saturated carbocycles. The Kier molecular flexibility index (Phi) is 4.42. The van der Waals surface area contributed by atoms with Gasteiger partial charge in [0.1, 0.15) is 11.5 Å². The minimum Gasteiger partial charge on any atom is -0.497 e. The Bertz CT molecular complexity index is 826. The minimum absolute atomic E-state index is 0.0255. The lowest BCUT2D eigenvalue weighted by molar-refractivity contribution is -0.384. The molecule has 24 heavy (non-hydrogen) atoms. The van der Waals surface area contributed by atoms with Gasteiger partial charge >= 0.3 is 0 Å². The van der Waals surface area contributed by atoms with Crippen molar-refractivity contribution in [2.45, 2.75) is 6.54 Å². The summed E-state index contributed by atoms with van der Waals surface area (Å²) < 4.78 is 12.5. The molecular formula is C17H15N3O4. The normalized spacial score (nSPS) is 10.4. The molecule has 1 aromatic heterocycles. The Morgan fingerprint density at radius 1 is 1.04 bits per heavy atom. The molecule has 0 aliphatic heterocycles. The highest BCUT2D eigenvalue weighted by Gasteiger charge is 2.06. The summed E-state index contributed by atoms with van der Waals surface area (Å²) in [5.41, 5.74) is 1.11. The van der Waals surface area contributed by atoms with Crippen LogP contribution in [0.4, 0.5) is 5.69 Å². The van der Waals surface area contributed by atoms with Crippen molar-refractivity contribution < 1.29 is 14.4 Å². The van der Waals surface area contributed by atoms with Crippen LogP contribution in [0.2, 0.25) is 0 Å². The van der Waals surface area contributed by atoms with Gasteiger partial charge < -0.3 is 9.47 Å². The largest absolute Gasteiger partial charge is 0.497 e. The van der Waals surface area contributed by atoms with Gasteiger partial charge in [0, 0.05) is 12.1 Å². The van der Waals surface area contributed by atoms with Gasteiger partial charge in [-0.25, -0.2) is 0 Å². The number of rotatable bonds is 6. The molecule has 0 radical (unpaired) electrons. The molecule has 7 heteroatoms. The highest BCUT2D eigenvalue weighted by molar-refractivity contribution is 5.38. The van der Waals surface area contributed by atoms with Gasteiger partial charge in [0.15, 0.2) is 5.75 Å². The number of aromatic nitrogens is 2. The van der Waals surface area contributed by atoms with E-state index >= 15 is 0 Å². The van der Waals surface area contributed by atoms with Crippen LogP contribution in [0.25, 0.3) is 0 Å². The second-order valence-electron chi connectivity index (χ2n) is 5.07. The average Bonchev–Trinajstić information content (AvgIpc) is 3.03. The Morgan fingerprint density at radius 2 is 1.71 bits per heavy atom. The number of hydrogen-bond donors (Lipinski definition) is 0. The van der Waals surface area contributed by atoms with Crippen LogP contribution in [0, 0.1) is 10.1 Å². The van der Waals surface area contributed by atoms with E-state index in [1.165, 1.54) is 12.1 Å². The molecule has 7 nitrogen and oxygen atoms in total. The lowest BCUT2D eigenvalue weighted by atomic mass is 10.2. The van der Waals surface area contributed by atoms with Gasteiger partial charge in [-0.1, -0.05) is 12.1 Å². The molecule has 0 spiro atoms. The predicted octanol–water partition coefficient (Wildman–Crippen LogP) is 3.64. The van der Waals surface area contributed by atoms with Gasteiger partial charge in [0.05, 0.1) is 31.0 Å². The van der Waals surface area contributed by atoms with E-state index in [4.69, 9.17) is 9.47 Å². The molecular weight excluding hydrogens is 310 g/mol. The van der Waals surface area contributed by atoms with E-state index in [2.05, 4.69) is 5.10 Å². The second-order valence-corrected chi connectivity index (χ2v) is 5.07. The fourth-order valence-electron chi connectivity index (χ4n) is 2.17. The maximum absolute atomic E-state index is 10.6. The van der Waals surface area contributed by atoms with Crippen LogP contribution in [0.15, 0.2) is 60.9 Å². The third-order valence-corrected chi connectivity index (χ3v) is 3.40. The van der Waals surface area contributed by atoms with E-state index in [0.717, 1.165) is 11.3 Å². The van der Waals surface area contributed by atoms with Gasteiger partial charge in [-0.05, 0) is 29.8 Å². The number of ether oxygens (including phenoxy) is 2. The van der Waals surface area contributed by atoms with Crippen LogP contribution >= 0.6 is 0 Å². The van der Waals surface area contributed by atoms with Gasteiger partial charge in [0.2, 0.25) is 0 Å². The van der Waals surface area contributed by atoms with Gasteiger partial charge in [-0.2, -0.15) is 5.10 Å². The van der Waals surface area contributed by atoms with E-state index in [1.54, 1.807) is 36.3 Å². The molecule has 3 rings (SSSR count). The Hall–Kier alpha value is -3.35. The van der Waals surface area contributed by atoms with Crippen molar-refractivity contribution in [2.24, 2.45) is 0 Å². The predicted molar refractivity (Wildman–Crippen MR) is 87.5 cm³/mol. The number of nitro benzene ring substituents is 1. The van der Waals surface area contributed by atoms with E-state index in [1.807, 2.05) is 24.3 Å². The molecule has 122 valence electrons. The number of nitro groups is 1. The number of non-ortho nitro benzene ring substituents is 1. The smallest absolute Gasteiger partial charge is 0.269 e. The van der Waals surface area contributed by atoms with Gasteiger partial charge in [-0.3, -0.25) is 14.8 Å². The van der Waals surface area contributed by atoms with Crippen molar-refractivity contribution in [3.05, 3.63) is 76.6 Å². The first-order valence-electron chi connectivity index (χ1n) is 7.22. The fraction of sp³-hybridized carbons (Fsp3) is 0.118. The number of hydrogen-bond acceptors (Lipinski definition) is 5. The second kappa shape index (κ2) is 6.82. The summed E-state index contributed by atoms with van der Waals surface area (Å²) >= 11 is 0. The monoisotopic (exact) mass is 325 g/mol. The van der Waals surface area contributed by atoms with Crippen molar-refractivity contribution >= 4 is 5.69 Å². The Labute approximate surface area is 138 Å². The van der Waals surface area contributed by atoms with Crippen LogP contribution in [0.5, 0.6) is 17.2 Å². The minimum atomic E-state index is -0.448. The molecule has 3 aromatic rings. The number of methoxy groups -OCH3 is 1. The molecule has 0 N–H and O–H groups in total. The third-order valence-electron chi connectivity index (χ3n) is 3.40. The lowest BCUT2D eigenvalue weighted by Gasteiger charge is -2.04. The van der Waals surface area contributed by atoms with Crippen molar-refractivity contribution in [3.8, 4) is 17.2 Å². The Morgan fingerprint density at radius 3 is 2.33 bits per heavy atom. The SMILES string of the molecule is COc1ccc(Cn2cc(Oc3ccc([N+](=O)[O-])cc3)cn2)cc1. The van der Waals surface area contributed by atoms with Crippen LogP contribution in [0.3, 0.4) is 0 Å². The van der Waals surface area contributed by atoms with Gasteiger partial charge in [0.25, 0.3) is 5.69 Å². The van der Waals surface area contributed by atoms with Crippen LogP contribution < -0.4 is 9.47 Å². The maximum Gasteiger partial charge on any atom is 0.269 e. The summed E-state index contributed by atoms with van der Waals surface area (Å²) in [7, 11) is 1.63. The summed E-state index contributed by atoms with van der Waals surface area (Å²) in [6.07, 6.45) is 3.37. The van der Waals surface area contributed by atoms with Crippen molar-refractivity contribution in [1.82, 2.24) is 9.78 Å². The van der Waals surface area contributed by atoms with Crippen molar-refractivity contribution in [1.29, 1.82) is 0 Å². The first-order valence-corrected chi connectivity index (χ1v) is 7.22. The molecule has 1 heterocycles. The maximum atomic E-state index is 10.6. The van der Waals surface area contributed by atoms with Crippen molar-refractivity contribution in [2.75, 3.05) is 7.11 Å². The Balaban J connectivity index is 1.65. The van der Waals surface area contributed by atoms with E-state index in [9.17, 15) is 10.1 Å². The summed E-state index contributed by atoms with van der Waals surface area (Å²) in [4.78, 5) is 10.2. The number of benzene rings is 2. The summed E-state index contributed by atoms with van der Waals surface area (Å²) in [5.74, 6) is 1.89. The molecule has 0 saturated heterocycles. The summed E-state index contributed by atoms with van der Waals surface area (Å²) in [6, 6.07) is 13.6. The van der Waals surface area contributed by atoms with E-state index in [0.29, 0.717) is 18.0 Å². The van der Waals surface area contributed by atoms with Crippen LogP contribution in [-0.2, 0) is 6.54 Å². The first-order chi connectivity index (χ1) is 11.6. The quantitative estimate of drug-likeness (QED) is 0.510. The highest BCUT2D eigenvalue weighted by Crippen LogP contribution is 2.23. The van der Waals surface area contributed by atoms with Crippen LogP contribution in [-0.4, -0.2) is 21.8 Å². The van der Waals surface area contributed by atoms with Gasteiger partial charge in [-0.15, -0.1) is 0 Å². The summed E-state index contributed by atoms with van der Waals surface area (Å²) in [5, 5.41) is 14.9. The lowest BCUT2D eigenvalue weighted by Crippen LogP contribution is -1.99. The molecule has 2 aromatic carbocycles. The molecule has 0 bridgehead atoms. The van der Waals surface area contributed by atoms with Crippen LogP contribution in [0.1, 0.15) is 5.56 Å². The molecule has 0 fully saturated rings. The van der Waals surface area contributed by atoms with E-state index < -0.39 is 4.92 Å². The zero-order chi connectivity index (χ0) is 16.9. The van der Waals surface area contributed by atoms with Crippen molar-refractivity contribution in [3.63, 3.8) is 0 Å². The summed E-state index contributed by atoms with van der Waals surface area (Å²) in [6.45, 7) is 0.605. The molecule has 0 amide bonds. The third kappa shape index (κ3) is 3.70. The first kappa shape index (κ1) is 15.5. The zero-order valence-electron chi connectivity index (χ0n) is 13.0. The molecule has 0 atom stereocenters. The highest BCUT2D eigenvalue weighted by atomic mass is 16.6.